The fourth-order valence-corrected chi connectivity index (χ4v) is 2.58. The van der Waals surface area contributed by atoms with Gasteiger partial charge in [0.15, 0.2) is 6.10 Å². The molecule has 7 nitrogen and oxygen atoms in total. The molecule has 2 aromatic rings. The molecule has 29 heavy (non-hydrogen) atoms. The molecule has 0 aromatic heterocycles. The second kappa shape index (κ2) is 10.4. The normalized spacial score (nSPS) is 11.6. The SMILES string of the molecule is COc1ccc(OC)c(/C=C/C(=O)O[C@@H](C)C(=O)Nc2cc(Cl)ccc2OC)c1. The molecule has 0 unspecified atom stereocenters. The summed E-state index contributed by atoms with van der Waals surface area (Å²) >= 11 is 5.95. The summed E-state index contributed by atoms with van der Waals surface area (Å²) in [6.45, 7) is 1.46. The summed E-state index contributed by atoms with van der Waals surface area (Å²) in [5, 5.41) is 3.06. The van der Waals surface area contributed by atoms with E-state index in [1.807, 2.05) is 0 Å². The Morgan fingerprint density at radius 2 is 1.69 bits per heavy atom. The standard InChI is InChI=1S/C21H22ClNO6/c1-13(21(25)23-17-12-15(22)6-8-19(17)28-4)29-20(24)10-5-14-11-16(26-2)7-9-18(14)27-3/h5-13H,1-4H3,(H,23,25)/b10-5+/t13-/m0/s1. The Bertz CT molecular complexity index is 912. The summed E-state index contributed by atoms with van der Waals surface area (Å²) in [7, 11) is 4.53. The largest absolute Gasteiger partial charge is 0.497 e. The summed E-state index contributed by atoms with van der Waals surface area (Å²) in [6, 6.07) is 9.98. The van der Waals surface area contributed by atoms with Gasteiger partial charge in [0.1, 0.15) is 17.2 Å². The molecule has 154 valence electrons. The number of anilines is 1. The molecule has 1 amide bonds. The van der Waals surface area contributed by atoms with Gasteiger partial charge in [-0.25, -0.2) is 4.79 Å². The van der Waals surface area contributed by atoms with E-state index in [4.69, 9.17) is 30.5 Å². The van der Waals surface area contributed by atoms with Crippen molar-refractivity contribution in [2.24, 2.45) is 0 Å². The van der Waals surface area contributed by atoms with Crippen LogP contribution in [0.2, 0.25) is 5.02 Å². The van der Waals surface area contributed by atoms with E-state index in [0.717, 1.165) is 0 Å². The Morgan fingerprint density at radius 3 is 2.34 bits per heavy atom. The van der Waals surface area contributed by atoms with E-state index >= 15 is 0 Å². The first-order valence-electron chi connectivity index (χ1n) is 8.63. The van der Waals surface area contributed by atoms with Gasteiger partial charge in [0.2, 0.25) is 0 Å². The highest BCUT2D eigenvalue weighted by Crippen LogP contribution is 2.28. The van der Waals surface area contributed by atoms with E-state index in [2.05, 4.69) is 5.32 Å². The van der Waals surface area contributed by atoms with Gasteiger partial charge in [-0.2, -0.15) is 0 Å². The van der Waals surface area contributed by atoms with Gasteiger partial charge in [-0.3, -0.25) is 4.79 Å². The molecule has 2 rings (SSSR count). The fourth-order valence-electron chi connectivity index (χ4n) is 2.41. The predicted molar refractivity (Wildman–Crippen MR) is 111 cm³/mol. The Balaban J connectivity index is 2.03. The summed E-state index contributed by atoms with van der Waals surface area (Å²) in [6.07, 6.45) is 1.69. The number of benzene rings is 2. The Labute approximate surface area is 174 Å². The number of nitrogens with one attached hydrogen (secondary N) is 1. The van der Waals surface area contributed by atoms with Crippen molar-refractivity contribution in [1.82, 2.24) is 0 Å². The van der Waals surface area contributed by atoms with E-state index in [0.29, 0.717) is 33.5 Å². The molecule has 2 aromatic carbocycles. The van der Waals surface area contributed by atoms with Crippen molar-refractivity contribution in [3.05, 3.63) is 53.1 Å². The smallest absolute Gasteiger partial charge is 0.331 e. The molecular formula is C21H22ClNO6. The highest BCUT2D eigenvalue weighted by molar-refractivity contribution is 6.31. The molecule has 1 atom stereocenters. The highest BCUT2D eigenvalue weighted by atomic mass is 35.5. The summed E-state index contributed by atoms with van der Waals surface area (Å²) in [5.74, 6) is 0.406. The minimum absolute atomic E-state index is 0.379. The third-order valence-electron chi connectivity index (χ3n) is 3.92. The van der Waals surface area contributed by atoms with Gasteiger partial charge < -0.3 is 24.3 Å². The van der Waals surface area contributed by atoms with Crippen LogP contribution in [-0.4, -0.2) is 39.3 Å². The molecule has 0 aliphatic carbocycles. The van der Waals surface area contributed by atoms with E-state index in [9.17, 15) is 9.59 Å². The number of amides is 1. The van der Waals surface area contributed by atoms with Crippen LogP contribution in [0.15, 0.2) is 42.5 Å². The van der Waals surface area contributed by atoms with Gasteiger partial charge in [0.25, 0.3) is 5.91 Å². The summed E-state index contributed by atoms with van der Waals surface area (Å²) < 4.78 is 20.7. The number of ether oxygens (including phenoxy) is 4. The van der Waals surface area contributed by atoms with Crippen LogP contribution in [-0.2, 0) is 14.3 Å². The predicted octanol–water partition coefficient (Wildman–Crippen LogP) is 3.95. The van der Waals surface area contributed by atoms with Gasteiger partial charge in [-0.1, -0.05) is 11.6 Å². The van der Waals surface area contributed by atoms with Gasteiger partial charge in [-0.15, -0.1) is 0 Å². The zero-order valence-electron chi connectivity index (χ0n) is 16.5. The van der Waals surface area contributed by atoms with Crippen LogP contribution in [0.3, 0.4) is 0 Å². The maximum Gasteiger partial charge on any atom is 0.331 e. The molecule has 0 fully saturated rings. The van der Waals surface area contributed by atoms with Crippen molar-refractivity contribution in [3.8, 4) is 17.2 Å². The summed E-state index contributed by atoms with van der Waals surface area (Å²) in [4.78, 5) is 24.4. The van der Waals surface area contributed by atoms with E-state index in [1.54, 1.807) is 43.5 Å². The first-order chi connectivity index (χ1) is 13.9. The highest BCUT2D eigenvalue weighted by Gasteiger charge is 2.18. The Kier molecular flexibility index (Phi) is 7.91. The van der Waals surface area contributed by atoms with Gasteiger partial charge in [-0.05, 0) is 49.4 Å². The average molecular weight is 420 g/mol. The lowest BCUT2D eigenvalue weighted by molar-refractivity contribution is -0.148. The molecule has 0 bridgehead atoms. The first-order valence-corrected chi connectivity index (χ1v) is 9.00. The van der Waals surface area contributed by atoms with E-state index in [1.165, 1.54) is 33.3 Å². The van der Waals surface area contributed by atoms with Crippen LogP contribution in [0.1, 0.15) is 12.5 Å². The van der Waals surface area contributed by atoms with Crippen LogP contribution in [0.25, 0.3) is 6.08 Å². The number of rotatable bonds is 8. The third-order valence-corrected chi connectivity index (χ3v) is 4.15. The maximum absolute atomic E-state index is 12.3. The summed E-state index contributed by atoms with van der Waals surface area (Å²) in [5.41, 5.74) is 1.01. The molecule has 1 N–H and O–H groups in total. The zero-order valence-corrected chi connectivity index (χ0v) is 17.3. The lowest BCUT2D eigenvalue weighted by Gasteiger charge is -2.14. The van der Waals surface area contributed by atoms with Gasteiger partial charge in [0.05, 0.1) is 27.0 Å². The second-order valence-corrected chi connectivity index (χ2v) is 6.29. The second-order valence-electron chi connectivity index (χ2n) is 5.85. The van der Waals surface area contributed by atoms with E-state index < -0.39 is 18.0 Å². The number of halogens is 1. The van der Waals surface area contributed by atoms with Crippen molar-refractivity contribution in [2.75, 3.05) is 26.6 Å². The number of esters is 1. The molecule has 0 saturated heterocycles. The number of hydrogen-bond acceptors (Lipinski definition) is 6. The monoisotopic (exact) mass is 419 g/mol. The fraction of sp³-hybridized carbons (Fsp3) is 0.238. The van der Waals surface area contributed by atoms with Crippen molar-refractivity contribution in [2.45, 2.75) is 13.0 Å². The molecule has 0 aliphatic heterocycles. The number of carbonyl (C=O) groups is 2. The van der Waals surface area contributed by atoms with Crippen molar-refractivity contribution >= 4 is 35.2 Å². The first kappa shape index (κ1) is 22.1. The third kappa shape index (κ3) is 6.15. The quantitative estimate of drug-likeness (QED) is 0.515. The lowest BCUT2D eigenvalue weighted by Crippen LogP contribution is -2.29. The number of methoxy groups -OCH3 is 3. The molecule has 0 heterocycles. The van der Waals surface area contributed by atoms with E-state index in [-0.39, 0.29) is 0 Å². The van der Waals surface area contributed by atoms with Crippen LogP contribution < -0.4 is 19.5 Å². The van der Waals surface area contributed by atoms with Crippen LogP contribution in [0.4, 0.5) is 5.69 Å². The van der Waals surface area contributed by atoms with Crippen LogP contribution in [0.5, 0.6) is 17.2 Å². The Hall–Kier alpha value is -3.19. The van der Waals surface area contributed by atoms with Gasteiger partial charge >= 0.3 is 5.97 Å². The minimum atomic E-state index is -1.04. The van der Waals surface area contributed by atoms with Gasteiger partial charge in [0, 0.05) is 16.7 Å². The molecular weight excluding hydrogens is 398 g/mol. The number of hydrogen-bond donors (Lipinski definition) is 1. The maximum atomic E-state index is 12.3. The van der Waals surface area contributed by atoms with Crippen molar-refractivity contribution in [3.63, 3.8) is 0 Å². The minimum Gasteiger partial charge on any atom is -0.497 e. The molecule has 0 spiro atoms. The van der Waals surface area contributed by atoms with Crippen LogP contribution >= 0.6 is 11.6 Å². The zero-order chi connectivity index (χ0) is 21.4. The average Bonchev–Trinajstić information content (AvgIpc) is 2.72. The molecule has 0 saturated carbocycles. The molecule has 0 aliphatic rings. The number of carbonyl (C=O) groups excluding carboxylic acids is 2. The van der Waals surface area contributed by atoms with Crippen LogP contribution in [0, 0.1) is 0 Å². The Morgan fingerprint density at radius 1 is 1.00 bits per heavy atom. The van der Waals surface area contributed by atoms with Crippen molar-refractivity contribution < 1.29 is 28.5 Å². The molecule has 0 radical (unpaired) electrons. The lowest BCUT2D eigenvalue weighted by atomic mass is 10.1. The van der Waals surface area contributed by atoms with Crippen molar-refractivity contribution in [1.29, 1.82) is 0 Å². The topological polar surface area (TPSA) is 83.1 Å². The molecule has 8 heteroatoms.